The van der Waals surface area contributed by atoms with Crippen molar-refractivity contribution in [2.45, 2.75) is 31.6 Å². The number of hydrogen-bond acceptors (Lipinski definition) is 7. The molecule has 5 heterocycles. The fourth-order valence-electron chi connectivity index (χ4n) is 12.3. The van der Waals surface area contributed by atoms with Crippen molar-refractivity contribution in [2.24, 2.45) is 0 Å². The highest BCUT2D eigenvalue weighted by Crippen LogP contribution is 2.61. The molecule has 0 radical (unpaired) electrons. The van der Waals surface area contributed by atoms with Gasteiger partial charge in [0.05, 0.1) is 16.8 Å². The van der Waals surface area contributed by atoms with E-state index in [9.17, 15) is 0 Å². The van der Waals surface area contributed by atoms with Crippen LogP contribution in [0.15, 0.2) is 207 Å². The van der Waals surface area contributed by atoms with Crippen LogP contribution >= 0.6 is 0 Å². The van der Waals surface area contributed by atoms with Crippen LogP contribution in [0.2, 0.25) is 26.2 Å². The van der Waals surface area contributed by atoms with Gasteiger partial charge < -0.3 is 14.5 Å². The Balaban J connectivity index is 0.870. The van der Waals surface area contributed by atoms with Crippen LogP contribution in [0.5, 0.6) is 11.5 Å². The number of nitrogens with zero attached hydrogens (tertiary/aromatic N) is 6. The second kappa shape index (κ2) is 14.9. The van der Waals surface area contributed by atoms with Gasteiger partial charge in [-0.3, -0.25) is 0 Å². The number of aromatic nitrogens is 4. The Kier molecular flexibility index (Phi) is 8.67. The monoisotopic (exact) mass is 934 g/mol. The van der Waals surface area contributed by atoms with Crippen molar-refractivity contribution in [1.82, 2.24) is 19.9 Å². The van der Waals surface area contributed by atoms with Crippen LogP contribution in [0.1, 0.15) is 22.3 Å². The van der Waals surface area contributed by atoms with Gasteiger partial charge in [-0.05, 0) is 104 Å². The average molecular weight is 935 g/mol. The van der Waals surface area contributed by atoms with E-state index in [1.165, 1.54) is 43.5 Å². The molecule has 0 fully saturated rings. The summed E-state index contributed by atoms with van der Waals surface area (Å²) in [7, 11) is -3.79. The minimum absolute atomic E-state index is 0.771. The summed E-state index contributed by atoms with van der Waals surface area (Å²) in [5, 5.41) is 5.80. The summed E-state index contributed by atoms with van der Waals surface area (Å²) in [5.41, 5.74) is 16.4. The highest BCUT2D eigenvalue weighted by atomic mass is 28.3. The maximum Gasteiger partial charge on any atom is 0.132 e. The van der Waals surface area contributed by atoms with E-state index < -0.39 is 21.6 Å². The SMILES string of the molecule is C[Si]1(C)c2ccccc2N(c2ccc(-c3ccc4c(c3)Oc3cc(-c5ccc(N6c7ccccc7[Si](C)(C)c7ccccc76)cc5)ccc3C43c4cncnc4-c4ncncc43)cc2)c2ccccc21. The highest BCUT2D eigenvalue weighted by molar-refractivity contribution is 7.03. The molecule has 8 aromatic carbocycles. The van der Waals surface area contributed by atoms with Crippen LogP contribution in [0.3, 0.4) is 0 Å². The van der Waals surface area contributed by atoms with Gasteiger partial charge in [0.25, 0.3) is 0 Å². The standard InChI is InChI=1S/C61H46N6OSi2/c1-69(2)55-17-9-5-13-49(55)66(50-14-6-10-18-56(50)69)43-27-21-39(22-28-43)41-25-31-45-53(33-41)68-54-34-42(26-32-46(54)61(45)47-35-62-37-64-59(47)60-48(61)36-63-38-65-60)40-23-29-44(30-24-40)67-51-15-7-11-19-57(51)70(3,4)58-20-12-8-16-52(58)67/h5-38H,1-4H3. The molecule has 0 amide bonds. The Bertz CT molecular complexity index is 3450. The van der Waals surface area contributed by atoms with E-state index >= 15 is 0 Å². The summed E-state index contributed by atoms with van der Waals surface area (Å²) in [4.78, 5) is 23.8. The van der Waals surface area contributed by atoms with E-state index in [1.54, 1.807) is 12.7 Å². The minimum Gasteiger partial charge on any atom is -0.457 e. The number of benzene rings is 8. The van der Waals surface area contributed by atoms with Crippen molar-refractivity contribution in [2.75, 3.05) is 9.80 Å². The Hall–Kier alpha value is -8.25. The van der Waals surface area contributed by atoms with Crippen LogP contribution < -0.4 is 35.3 Å². The Labute approximate surface area is 409 Å². The predicted molar refractivity (Wildman–Crippen MR) is 289 cm³/mol. The van der Waals surface area contributed by atoms with Crippen LogP contribution in [0.4, 0.5) is 34.1 Å². The second-order valence-electron chi connectivity index (χ2n) is 19.9. The first-order valence-corrected chi connectivity index (χ1v) is 30.0. The molecule has 0 saturated carbocycles. The van der Waals surface area contributed by atoms with E-state index in [0.29, 0.717) is 0 Å². The van der Waals surface area contributed by atoms with Crippen molar-refractivity contribution < 1.29 is 4.74 Å². The van der Waals surface area contributed by atoms with Crippen molar-refractivity contribution in [3.63, 3.8) is 0 Å². The van der Waals surface area contributed by atoms with Gasteiger partial charge in [-0.1, -0.05) is 148 Å². The number of rotatable bonds is 4. The molecule has 4 aliphatic rings. The fourth-order valence-corrected chi connectivity index (χ4v) is 18.2. The summed E-state index contributed by atoms with van der Waals surface area (Å²) in [5.74, 6) is 1.54. The molecule has 7 nitrogen and oxygen atoms in total. The van der Waals surface area contributed by atoms with Gasteiger partial charge in [-0.25, -0.2) is 19.9 Å². The molecule has 70 heavy (non-hydrogen) atoms. The molecule has 14 rings (SSSR count). The van der Waals surface area contributed by atoms with Gasteiger partial charge in [-0.15, -0.1) is 0 Å². The van der Waals surface area contributed by atoms with Gasteiger partial charge in [0, 0.05) is 68.8 Å². The molecular weight excluding hydrogens is 889 g/mol. The number of ether oxygens (including phenoxy) is 1. The number of para-hydroxylation sites is 4. The maximum atomic E-state index is 7.16. The van der Waals surface area contributed by atoms with Gasteiger partial charge in [-0.2, -0.15) is 0 Å². The minimum atomic E-state index is -1.90. The number of hydrogen-bond donors (Lipinski definition) is 0. The summed E-state index contributed by atoms with van der Waals surface area (Å²) in [6.45, 7) is 9.84. The van der Waals surface area contributed by atoms with Crippen LogP contribution in [-0.4, -0.2) is 36.1 Å². The van der Waals surface area contributed by atoms with Gasteiger partial charge in [0.15, 0.2) is 0 Å². The lowest BCUT2D eigenvalue weighted by molar-refractivity contribution is 0.436. The third kappa shape index (κ3) is 5.61. The molecule has 1 spiro atoms. The lowest BCUT2D eigenvalue weighted by Crippen LogP contribution is -2.58. The predicted octanol–water partition coefficient (Wildman–Crippen LogP) is 12.3. The molecule has 0 N–H and O–H groups in total. The Morgan fingerprint density at radius 1 is 0.386 bits per heavy atom. The van der Waals surface area contributed by atoms with Crippen molar-refractivity contribution in [3.8, 4) is 45.1 Å². The van der Waals surface area contributed by atoms with E-state index in [0.717, 1.165) is 78.8 Å². The molecule has 0 atom stereocenters. The number of anilines is 6. The summed E-state index contributed by atoms with van der Waals surface area (Å²) >= 11 is 0. The largest absolute Gasteiger partial charge is 0.457 e. The van der Waals surface area contributed by atoms with E-state index in [-0.39, 0.29) is 0 Å². The molecule has 2 aromatic heterocycles. The van der Waals surface area contributed by atoms with E-state index in [1.807, 2.05) is 12.4 Å². The molecule has 0 unspecified atom stereocenters. The van der Waals surface area contributed by atoms with Gasteiger partial charge >= 0.3 is 0 Å². The maximum absolute atomic E-state index is 7.16. The molecule has 0 bridgehead atoms. The average Bonchev–Trinajstić information content (AvgIpc) is 3.69. The van der Waals surface area contributed by atoms with Crippen molar-refractivity contribution >= 4 is 71.0 Å². The molecular formula is C61H46N6OSi2. The zero-order chi connectivity index (χ0) is 46.9. The highest BCUT2D eigenvalue weighted by Gasteiger charge is 2.53. The zero-order valence-electron chi connectivity index (χ0n) is 39.2. The third-order valence-corrected chi connectivity index (χ3v) is 22.7. The van der Waals surface area contributed by atoms with Crippen LogP contribution in [0.25, 0.3) is 33.6 Å². The Morgan fingerprint density at radius 3 is 1.10 bits per heavy atom. The molecule has 1 aliphatic carbocycles. The van der Waals surface area contributed by atoms with E-state index in [4.69, 9.17) is 14.7 Å². The first-order valence-electron chi connectivity index (χ1n) is 24.0. The van der Waals surface area contributed by atoms with Crippen molar-refractivity contribution in [1.29, 1.82) is 0 Å². The van der Waals surface area contributed by atoms with Crippen molar-refractivity contribution in [3.05, 3.63) is 229 Å². The third-order valence-electron chi connectivity index (χ3n) is 15.6. The number of fused-ring (bicyclic) bond motifs is 13. The summed E-state index contributed by atoms with van der Waals surface area (Å²) in [6.07, 6.45) is 7.11. The molecule has 10 aromatic rings. The molecule has 0 saturated heterocycles. The molecule has 9 heteroatoms. The zero-order valence-corrected chi connectivity index (χ0v) is 41.2. The van der Waals surface area contributed by atoms with Crippen LogP contribution in [-0.2, 0) is 5.41 Å². The van der Waals surface area contributed by atoms with Gasteiger partial charge in [0.1, 0.15) is 40.3 Å². The first-order chi connectivity index (χ1) is 34.2. The lowest BCUT2D eigenvalue weighted by atomic mass is 9.66. The summed E-state index contributed by atoms with van der Waals surface area (Å²) in [6, 6.07) is 66.9. The normalized spacial score (nSPS) is 15.5. The quantitative estimate of drug-likeness (QED) is 0.163. The molecule has 334 valence electrons. The molecule has 3 aliphatic heterocycles. The van der Waals surface area contributed by atoms with Gasteiger partial charge in [0.2, 0.25) is 0 Å². The van der Waals surface area contributed by atoms with Crippen LogP contribution in [0, 0.1) is 0 Å². The topological polar surface area (TPSA) is 67.3 Å². The fraction of sp³-hybridized carbons (Fsp3) is 0.0820. The smallest absolute Gasteiger partial charge is 0.132 e. The second-order valence-corrected chi connectivity index (χ2v) is 28.6. The van der Waals surface area contributed by atoms with E-state index in [2.05, 4.69) is 228 Å². The first kappa shape index (κ1) is 40.8. The summed E-state index contributed by atoms with van der Waals surface area (Å²) < 4.78 is 7.16. The Morgan fingerprint density at radius 2 is 0.729 bits per heavy atom. The lowest BCUT2D eigenvalue weighted by Gasteiger charge is -2.41.